The molecule has 0 bridgehead atoms. The van der Waals surface area contributed by atoms with E-state index in [0.29, 0.717) is 30.8 Å². The highest BCUT2D eigenvalue weighted by atomic mass is 32.2. The maximum Gasteiger partial charge on any atom is 0.294 e. The molecule has 0 saturated carbocycles. The summed E-state index contributed by atoms with van der Waals surface area (Å²) in [4.78, 5) is 51.8. The molecular formula is C28H29FN4O5S. The second-order valence-electron chi connectivity index (χ2n) is 8.90. The summed E-state index contributed by atoms with van der Waals surface area (Å²) in [5.41, 5.74) is 2.97. The first-order valence-electron chi connectivity index (χ1n) is 12.5. The molecule has 11 heteroatoms. The number of aryl methyl sites for hydroxylation is 1. The van der Waals surface area contributed by atoms with Crippen LogP contribution in [0.15, 0.2) is 53.6 Å². The molecule has 204 valence electrons. The summed E-state index contributed by atoms with van der Waals surface area (Å²) in [7, 11) is 1.61. The van der Waals surface area contributed by atoms with Gasteiger partial charge in [0.15, 0.2) is 0 Å². The van der Waals surface area contributed by atoms with Crippen molar-refractivity contribution in [2.45, 2.75) is 26.3 Å². The second kappa shape index (κ2) is 12.7. The molecule has 1 aliphatic heterocycles. The van der Waals surface area contributed by atoms with Gasteiger partial charge in [-0.1, -0.05) is 25.1 Å². The topological polar surface area (TPSA) is 110 Å². The summed E-state index contributed by atoms with van der Waals surface area (Å²) in [6.07, 6.45) is 4.87. The van der Waals surface area contributed by atoms with Crippen LogP contribution in [0.5, 0.6) is 0 Å². The maximum absolute atomic E-state index is 13.1. The molecule has 3 aromatic rings. The van der Waals surface area contributed by atoms with E-state index in [4.69, 9.17) is 4.74 Å². The highest BCUT2D eigenvalue weighted by Gasteiger charge is 2.36. The van der Waals surface area contributed by atoms with Crippen molar-refractivity contribution in [2.75, 3.05) is 32.1 Å². The molecular weight excluding hydrogens is 523 g/mol. The number of benzene rings is 2. The summed E-state index contributed by atoms with van der Waals surface area (Å²) in [5, 5.41) is 5.73. The lowest BCUT2D eigenvalue weighted by atomic mass is 10.1. The average molecular weight is 553 g/mol. The lowest BCUT2D eigenvalue weighted by Gasteiger charge is -2.12. The van der Waals surface area contributed by atoms with E-state index in [-0.39, 0.29) is 17.4 Å². The van der Waals surface area contributed by atoms with Crippen molar-refractivity contribution in [1.82, 2.24) is 14.8 Å². The fourth-order valence-corrected chi connectivity index (χ4v) is 5.13. The Kier molecular flexibility index (Phi) is 9.15. The van der Waals surface area contributed by atoms with Crippen molar-refractivity contribution in [3.8, 4) is 0 Å². The number of nitrogens with one attached hydrogen (secondary N) is 2. The van der Waals surface area contributed by atoms with Gasteiger partial charge in [0.05, 0.1) is 10.4 Å². The standard InChI is InChI=1S/C28H29FN4O5S/c1-3-18-6-4-7-22-19(15-32(26(18)22)16-24(34)30-12-5-13-38-2)14-23-27(36)33(28(37)39-23)17-25(35)31-21-10-8-20(29)9-11-21/h4,6-11,14-15H,3,5,12-13,16-17H2,1-2H3,(H,30,34)(H,31,35)/b23-14-. The number of hydrogen-bond donors (Lipinski definition) is 2. The van der Waals surface area contributed by atoms with E-state index in [0.717, 1.165) is 39.5 Å². The number of thioether (sulfide) groups is 1. The molecule has 1 aromatic heterocycles. The van der Waals surface area contributed by atoms with Crippen LogP contribution >= 0.6 is 11.8 Å². The molecule has 2 N–H and O–H groups in total. The van der Waals surface area contributed by atoms with Gasteiger partial charge < -0.3 is 19.9 Å². The zero-order valence-electron chi connectivity index (χ0n) is 21.7. The number of nitrogens with zero attached hydrogens (tertiary/aromatic N) is 2. The molecule has 39 heavy (non-hydrogen) atoms. The Hall–Kier alpha value is -3.96. The SMILES string of the molecule is CCc1cccc2c(/C=C3\SC(=O)N(CC(=O)Nc4ccc(F)cc4)C3=O)cn(CC(=O)NCCCOC)c12. The number of amides is 4. The third kappa shape index (κ3) is 6.73. The number of aromatic nitrogens is 1. The Morgan fingerprint density at radius 3 is 2.56 bits per heavy atom. The fourth-order valence-electron chi connectivity index (χ4n) is 4.30. The van der Waals surface area contributed by atoms with Crippen molar-refractivity contribution in [1.29, 1.82) is 0 Å². The van der Waals surface area contributed by atoms with Crippen LogP contribution in [0.4, 0.5) is 14.9 Å². The van der Waals surface area contributed by atoms with Crippen LogP contribution in [0.1, 0.15) is 24.5 Å². The monoisotopic (exact) mass is 552 g/mol. The minimum atomic E-state index is -0.581. The van der Waals surface area contributed by atoms with Crippen molar-refractivity contribution in [2.24, 2.45) is 0 Å². The number of methoxy groups -OCH3 is 1. The van der Waals surface area contributed by atoms with Gasteiger partial charge in [0.1, 0.15) is 18.9 Å². The third-order valence-corrected chi connectivity index (χ3v) is 7.05. The first-order chi connectivity index (χ1) is 18.8. The summed E-state index contributed by atoms with van der Waals surface area (Å²) >= 11 is 0.753. The Morgan fingerprint density at radius 1 is 1.08 bits per heavy atom. The number of carbonyl (C=O) groups is 4. The number of imide groups is 1. The number of anilines is 1. The van der Waals surface area contributed by atoms with Crippen LogP contribution in [0.3, 0.4) is 0 Å². The van der Waals surface area contributed by atoms with E-state index >= 15 is 0 Å². The van der Waals surface area contributed by atoms with Crippen LogP contribution in [-0.2, 0) is 32.1 Å². The second-order valence-corrected chi connectivity index (χ2v) is 9.89. The number of carbonyl (C=O) groups excluding carboxylic acids is 4. The van der Waals surface area contributed by atoms with Crippen LogP contribution in [0.25, 0.3) is 17.0 Å². The molecule has 0 radical (unpaired) electrons. The van der Waals surface area contributed by atoms with Gasteiger partial charge in [-0.3, -0.25) is 24.1 Å². The van der Waals surface area contributed by atoms with Gasteiger partial charge in [0.25, 0.3) is 11.1 Å². The Morgan fingerprint density at radius 2 is 1.85 bits per heavy atom. The van der Waals surface area contributed by atoms with Crippen molar-refractivity contribution in [3.05, 3.63) is 70.5 Å². The molecule has 0 spiro atoms. The molecule has 4 amide bonds. The normalized spacial score (nSPS) is 14.4. The summed E-state index contributed by atoms with van der Waals surface area (Å²) in [5.74, 6) is -1.75. The Labute approximate surface area is 229 Å². The Bertz CT molecular complexity index is 1430. The highest BCUT2D eigenvalue weighted by Crippen LogP contribution is 2.35. The quantitative estimate of drug-likeness (QED) is 0.273. The van der Waals surface area contributed by atoms with Crippen LogP contribution in [0, 0.1) is 5.82 Å². The first-order valence-corrected chi connectivity index (χ1v) is 13.3. The summed E-state index contributed by atoms with van der Waals surface area (Å²) in [6.45, 7) is 2.71. The smallest absolute Gasteiger partial charge is 0.294 e. The van der Waals surface area contributed by atoms with Gasteiger partial charge in [-0.2, -0.15) is 0 Å². The predicted molar refractivity (Wildman–Crippen MR) is 149 cm³/mol. The molecule has 2 heterocycles. The number of fused-ring (bicyclic) bond motifs is 1. The molecule has 4 rings (SSSR count). The lowest BCUT2D eigenvalue weighted by molar-refractivity contribution is -0.127. The molecule has 0 aliphatic carbocycles. The van der Waals surface area contributed by atoms with E-state index in [2.05, 4.69) is 10.6 Å². The fraction of sp³-hybridized carbons (Fsp3) is 0.286. The lowest BCUT2D eigenvalue weighted by Crippen LogP contribution is -2.36. The van der Waals surface area contributed by atoms with Gasteiger partial charge in [-0.05, 0) is 60.5 Å². The zero-order chi connectivity index (χ0) is 27.9. The minimum absolute atomic E-state index is 0.0966. The van der Waals surface area contributed by atoms with Gasteiger partial charge >= 0.3 is 0 Å². The van der Waals surface area contributed by atoms with E-state index < -0.39 is 29.4 Å². The largest absolute Gasteiger partial charge is 0.385 e. The number of hydrogen-bond acceptors (Lipinski definition) is 6. The molecule has 0 unspecified atom stereocenters. The van der Waals surface area contributed by atoms with E-state index in [9.17, 15) is 23.6 Å². The molecule has 0 atom stereocenters. The van der Waals surface area contributed by atoms with E-state index in [1.807, 2.05) is 29.7 Å². The highest BCUT2D eigenvalue weighted by molar-refractivity contribution is 8.18. The van der Waals surface area contributed by atoms with E-state index in [1.165, 1.54) is 24.3 Å². The first kappa shape index (κ1) is 28.1. The van der Waals surface area contributed by atoms with Crippen molar-refractivity contribution < 1.29 is 28.3 Å². The number of para-hydroxylation sites is 1. The summed E-state index contributed by atoms with van der Waals surface area (Å²) < 4.78 is 20.0. The van der Waals surface area contributed by atoms with Gasteiger partial charge in [-0.15, -0.1) is 0 Å². The van der Waals surface area contributed by atoms with Crippen LogP contribution in [-0.4, -0.2) is 59.2 Å². The van der Waals surface area contributed by atoms with Crippen LogP contribution in [0.2, 0.25) is 0 Å². The average Bonchev–Trinajstić information content (AvgIpc) is 3.39. The molecule has 9 nitrogen and oxygen atoms in total. The molecule has 1 saturated heterocycles. The summed E-state index contributed by atoms with van der Waals surface area (Å²) in [6, 6.07) is 11.0. The number of rotatable bonds is 11. The molecule has 1 aliphatic rings. The molecule has 1 fully saturated rings. The van der Waals surface area contributed by atoms with Gasteiger partial charge in [0, 0.05) is 43.1 Å². The number of halogens is 1. The third-order valence-electron chi connectivity index (χ3n) is 6.14. The maximum atomic E-state index is 13.1. The minimum Gasteiger partial charge on any atom is -0.385 e. The van der Waals surface area contributed by atoms with Gasteiger partial charge in [0.2, 0.25) is 11.8 Å². The van der Waals surface area contributed by atoms with E-state index in [1.54, 1.807) is 19.4 Å². The zero-order valence-corrected chi connectivity index (χ0v) is 22.5. The van der Waals surface area contributed by atoms with Crippen LogP contribution < -0.4 is 10.6 Å². The Balaban J connectivity index is 1.54. The molecule has 2 aromatic carbocycles. The predicted octanol–water partition coefficient (Wildman–Crippen LogP) is 4.17. The van der Waals surface area contributed by atoms with Gasteiger partial charge in [-0.25, -0.2) is 4.39 Å². The number of ether oxygens (including phenoxy) is 1. The van der Waals surface area contributed by atoms with Crippen molar-refractivity contribution >= 4 is 57.4 Å². The van der Waals surface area contributed by atoms with Crippen molar-refractivity contribution in [3.63, 3.8) is 0 Å².